The molecule has 0 aliphatic carbocycles. The maximum Gasteiger partial charge on any atom is 0.132 e. The van der Waals surface area contributed by atoms with Crippen molar-refractivity contribution in [3.63, 3.8) is 0 Å². The van der Waals surface area contributed by atoms with E-state index in [1.54, 1.807) is 0 Å². The van der Waals surface area contributed by atoms with Crippen LogP contribution in [0.4, 0.5) is 0 Å². The topological polar surface area (TPSA) is 17.3 Å². The van der Waals surface area contributed by atoms with Gasteiger partial charge in [0.15, 0.2) is 0 Å². The van der Waals surface area contributed by atoms with E-state index in [1.807, 2.05) is 18.2 Å². The maximum absolute atomic E-state index is 4.50. The summed E-state index contributed by atoms with van der Waals surface area (Å²) in [5, 5.41) is 0. The molecule has 0 aliphatic heterocycles. The van der Waals surface area contributed by atoms with Gasteiger partial charge in [-0.25, -0.2) is 4.98 Å². The van der Waals surface area contributed by atoms with Gasteiger partial charge < -0.3 is 0 Å². The van der Waals surface area contributed by atoms with Crippen LogP contribution in [0.25, 0.3) is 5.52 Å². The average molecular weight is 318 g/mol. The summed E-state index contributed by atoms with van der Waals surface area (Å²) < 4.78 is 4.06. The Labute approximate surface area is 99.6 Å². The Bertz CT molecular complexity index is 474. The highest BCUT2D eigenvalue weighted by atomic mass is 79.9. The number of pyridine rings is 1. The molecule has 0 fully saturated rings. The van der Waals surface area contributed by atoms with E-state index in [9.17, 15) is 0 Å². The van der Waals surface area contributed by atoms with E-state index < -0.39 is 0 Å². The fraction of sp³-hybridized carbons (Fsp3) is 0.300. The smallest absolute Gasteiger partial charge is 0.132 e. The summed E-state index contributed by atoms with van der Waals surface area (Å²) in [5.41, 5.74) is 1.10. The van der Waals surface area contributed by atoms with Crippen LogP contribution in [0.15, 0.2) is 27.4 Å². The van der Waals surface area contributed by atoms with Crippen molar-refractivity contribution in [3.8, 4) is 0 Å². The summed E-state index contributed by atoms with van der Waals surface area (Å²) in [6, 6.07) is 6.08. The van der Waals surface area contributed by atoms with E-state index in [4.69, 9.17) is 0 Å². The lowest BCUT2D eigenvalue weighted by Gasteiger charge is -2.05. The molecule has 0 atom stereocenters. The molecule has 0 saturated heterocycles. The van der Waals surface area contributed by atoms with E-state index in [-0.39, 0.29) is 0 Å². The first-order valence-electron chi connectivity index (χ1n) is 4.43. The number of halogens is 2. The summed E-state index contributed by atoms with van der Waals surface area (Å²) >= 11 is 7.00. The molecule has 0 saturated carbocycles. The molecule has 2 rings (SSSR count). The van der Waals surface area contributed by atoms with Gasteiger partial charge in [-0.15, -0.1) is 0 Å². The van der Waals surface area contributed by atoms with Crippen LogP contribution in [0, 0.1) is 0 Å². The molecule has 0 unspecified atom stereocenters. The fourth-order valence-corrected chi connectivity index (χ4v) is 2.49. The maximum atomic E-state index is 4.50. The van der Waals surface area contributed by atoms with Crippen LogP contribution in [-0.2, 0) is 0 Å². The van der Waals surface area contributed by atoms with Gasteiger partial charge in [0.2, 0.25) is 0 Å². The number of imidazole rings is 1. The number of hydrogen-bond acceptors (Lipinski definition) is 1. The summed E-state index contributed by atoms with van der Waals surface area (Å²) in [5.74, 6) is 1.48. The second kappa shape index (κ2) is 3.66. The number of aromatic nitrogens is 2. The minimum Gasteiger partial charge on any atom is -0.289 e. The molecule has 0 spiro atoms. The summed E-state index contributed by atoms with van der Waals surface area (Å²) in [6.07, 6.45) is 0. The Balaban J connectivity index is 2.86. The first-order valence-corrected chi connectivity index (χ1v) is 6.02. The molecule has 0 bridgehead atoms. The number of fused-ring (bicyclic) bond motifs is 1. The van der Waals surface area contributed by atoms with Crippen molar-refractivity contribution in [3.05, 3.63) is 33.2 Å². The molecule has 2 aromatic heterocycles. The molecule has 0 aliphatic rings. The number of nitrogens with zero attached hydrogens (tertiary/aromatic N) is 2. The van der Waals surface area contributed by atoms with E-state index in [1.165, 1.54) is 0 Å². The second-order valence-corrected chi connectivity index (χ2v) is 5.05. The number of hydrogen-bond donors (Lipinski definition) is 0. The van der Waals surface area contributed by atoms with Gasteiger partial charge in [-0.1, -0.05) is 19.9 Å². The average Bonchev–Trinajstić information content (AvgIpc) is 2.46. The molecule has 4 heteroatoms. The Hall–Kier alpha value is -0.350. The zero-order valence-corrected chi connectivity index (χ0v) is 11.1. The minimum atomic E-state index is 0.410. The SMILES string of the molecule is CC(C)c1nc(Br)c2cccc(Br)n12. The zero-order valence-electron chi connectivity index (χ0n) is 7.96. The highest BCUT2D eigenvalue weighted by Gasteiger charge is 2.13. The predicted octanol–water partition coefficient (Wildman–Crippen LogP) is 3.98. The highest BCUT2D eigenvalue weighted by Crippen LogP contribution is 2.26. The Morgan fingerprint density at radius 3 is 2.64 bits per heavy atom. The van der Waals surface area contributed by atoms with Crippen molar-refractivity contribution in [1.29, 1.82) is 0 Å². The third-order valence-corrected chi connectivity index (χ3v) is 3.31. The summed E-state index contributed by atoms with van der Waals surface area (Å²) in [4.78, 5) is 4.50. The van der Waals surface area contributed by atoms with Crippen molar-refractivity contribution in [2.75, 3.05) is 0 Å². The van der Waals surface area contributed by atoms with E-state index in [2.05, 4.69) is 55.1 Å². The summed E-state index contributed by atoms with van der Waals surface area (Å²) in [6.45, 7) is 4.28. The monoisotopic (exact) mass is 316 g/mol. The van der Waals surface area contributed by atoms with Crippen molar-refractivity contribution in [1.82, 2.24) is 9.38 Å². The second-order valence-electron chi connectivity index (χ2n) is 3.48. The predicted molar refractivity (Wildman–Crippen MR) is 64.7 cm³/mol. The van der Waals surface area contributed by atoms with Crippen LogP contribution in [0.5, 0.6) is 0 Å². The van der Waals surface area contributed by atoms with Gasteiger partial charge in [-0.3, -0.25) is 4.40 Å². The van der Waals surface area contributed by atoms with Gasteiger partial charge in [0.05, 0.1) is 10.1 Å². The van der Waals surface area contributed by atoms with E-state index in [0.717, 1.165) is 20.5 Å². The molecule has 14 heavy (non-hydrogen) atoms. The van der Waals surface area contributed by atoms with Crippen molar-refractivity contribution in [2.24, 2.45) is 0 Å². The summed E-state index contributed by atoms with van der Waals surface area (Å²) in [7, 11) is 0. The van der Waals surface area contributed by atoms with Crippen molar-refractivity contribution >= 4 is 37.4 Å². The molecule has 0 N–H and O–H groups in total. The fourth-order valence-electron chi connectivity index (χ4n) is 1.47. The van der Waals surface area contributed by atoms with Crippen LogP contribution in [-0.4, -0.2) is 9.38 Å². The van der Waals surface area contributed by atoms with Crippen LogP contribution >= 0.6 is 31.9 Å². The molecule has 74 valence electrons. The quantitative estimate of drug-likeness (QED) is 0.727. The van der Waals surface area contributed by atoms with Crippen molar-refractivity contribution in [2.45, 2.75) is 19.8 Å². The van der Waals surface area contributed by atoms with Crippen LogP contribution in [0.3, 0.4) is 0 Å². The lowest BCUT2D eigenvalue weighted by atomic mass is 10.2. The highest BCUT2D eigenvalue weighted by molar-refractivity contribution is 9.11. The third-order valence-electron chi connectivity index (χ3n) is 2.11. The molecule has 2 aromatic rings. The third kappa shape index (κ3) is 1.50. The van der Waals surface area contributed by atoms with Gasteiger partial charge in [0.1, 0.15) is 10.4 Å². The van der Waals surface area contributed by atoms with Gasteiger partial charge >= 0.3 is 0 Å². The molecular weight excluding hydrogens is 308 g/mol. The Morgan fingerprint density at radius 1 is 1.29 bits per heavy atom. The lowest BCUT2D eigenvalue weighted by molar-refractivity contribution is 0.764. The first-order chi connectivity index (χ1) is 6.61. The van der Waals surface area contributed by atoms with Crippen molar-refractivity contribution < 1.29 is 0 Å². The van der Waals surface area contributed by atoms with Gasteiger partial charge in [-0.2, -0.15) is 0 Å². The van der Waals surface area contributed by atoms with Crippen LogP contribution < -0.4 is 0 Å². The van der Waals surface area contributed by atoms with Crippen LogP contribution in [0.2, 0.25) is 0 Å². The molecule has 2 nitrogen and oxygen atoms in total. The molecule has 0 amide bonds. The largest absolute Gasteiger partial charge is 0.289 e. The molecule has 2 heterocycles. The van der Waals surface area contributed by atoms with E-state index in [0.29, 0.717) is 5.92 Å². The zero-order chi connectivity index (χ0) is 10.3. The minimum absolute atomic E-state index is 0.410. The Kier molecular flexibility index (Phi) is 2.66. The van der Waals surface area contributed by atoms with Gasteiger partial charge in [0, 0.05) is 5.92 Å². The van der Waals surface area contributed by atoms with E-state index >= 15 is 0 Å². The molecule has 0 radical (unpaired) electrons. The first kappa shape index (κ1) is 10.2. The molecule has 0 aromatic carbocycles. The molecular formula is C10H10Br2N2. The standard InChI is InChI=1S/C10H10Br2N2/c1-6(2)10-13-9(12)7-4-3-5-8(11)14(7)10/h3-6H,1-2H3. The Morgan fingerprint density at radius 2 is 2.00 bits per heavy atom. The lowest BCUT2D eigenvalue weighted by Crippen LogP contribution is -1.97. The van der Waals surface area contributed by atoms with Gasteiger partial charge in [-0.05, 0) is 44.0 Å². The van der Waals surface area contributed by atoms with Gasteiger partial charge in [0.25, 0.3) is 0 Å². The van der Waals surface area contributed by atoms with Crippen LogP contribution in [0.1, 0.15) is 25.6 Å². The number of rotatable bonds is 1. The normalized spacial score (nSPS) is 11.5.